The number of aromatic nitrogens is 2. The molecule has 3 nitrogen and oxygen atoms in total. The van der Waals surface area contributed by atoms with Gasteiger partial charge in [-0.3, -0.25) is 4.59 Å². The lowest BCUT2D eigenvalue weighted by Gasteiger charge is -1.91. The van der Waals surface area contributed by atoms with E-state index in [9.17, 15) is 4.32 Å². The third-order valence-electron chi connectivity index (χ3n) is 1.11. The Balaban J connectivity index is 2.92. The lowest BCUT2D eigenvalue weighted by molar-refractivity contribution is 0.804. The van der Waals surface area contributed by atoms with Crippen LogP contribution in [0.5, 0.6) is 0 Å². The second-order valence-electron chi connectivity index (χ2n) is 1.75. The van der Waals surface area contributed by atoms with E-state index in [0.717, 1.165) is 12.4 Å². The normalized spacial score (nSPS) is 10.4. The minimum Gasteiger partial charge on any atom is -0.372 e. The number of halogens is 1. The fourth-order valence-electron chi connectivity index (χ4n) is 0.609. The minimum atomic E-state index is 0.307. The molecule has 0 saturated carbocycles. The molecule has 1 aromatic rings. The van der Waals surface area contributed by atoms with Crippen molar-refractivity contribution in [1.29, 1.82) is 1.34 Å². The van der Waals surface area contributed by atoms with Gasteiger partial charge in [0.2, 0.25) is 0 Å². The number of rotatable bonds is 3. The molecule has 0 spiro atoms. The van der Waals surface area contributed by atoms with Crippen molar-refractivity contribution in [1.82, 2.24) is 9.69 Å². The fraction of sp³-hybridized carbons (Fsp3) is 0.250. The van der Waals surface area contributed by atoms with Crippen molar-refractivity contribution in [2.45, 2.75) is 0 Å². The zero-order valence-corrected chi connectivity index (χ0v) is 5.50. The highest BCUT2D eigenvalue weighted by atomic mass is 19.1. The number of hydrogen-bond donors (Lipinski definition) is 1. The van der Waals surface area contributed by atoms with Gasteiger partial charge in [0.05, 0.1) is 0 Å². The van der Waals surface area contributed by atoms with Gasteiger partial charge < -0.3 is 9.63 Å². The molecule has 1 aromatic heterocycles. The third kappa shape index (κ3) is 1.15. The van der Waals surface area contributed by atoms with Crippen LogP contribution in [0.2, 0.25) is 0 Å². The predicted molar refractivity (Wildman–Crippen MR) is 40.8 cm³/mol. The first kappa shape index (κ1) is 5.82. The quantitative estimate of drug-likeness (QED) is 0.531. The zero-order valence-electron chi connectivity index (χ0n) is 6.50. The summed E-state index contributed by atoms with van der Waals surface area (Å²) in [6.45, 7) is 0. The maximum Gasteiger partial charge on any atom is 0.512 e. The van der Waals surface area contributed by atoms with Gasteiger partial charge in [0.15, 0.2) is 7.81 Å². The summed E-state index contributed by atoms with van der Waals surface area (Å²) in [4.78, 5) is 0. The van der Waals surface area contributed by atoms with Crippen LogP contribution in [-0.4, -0.2) is 33.6 Å². The van der Waals surface area contributed by atoms with Gasteiger partial charge in [-0.05, 0) is 13.0 Å². The Kier molecular flexibility index (Phi) is 1.61. The molecule has 0 fully saturated rings. The molecule has 0 amide bonds. The number of anilines is 1. The van der Waals surface area contributed by atoms with Crippen molar-refractivity contribution in [3.05, 3.63) is 6.07 Å². The van der Waals surface area contributed by atoms with Crippen molar-refractivity contribution in [3.8, 4) is 0 Å². The standard InChI is InChI=1S/C4H6B2FN3/c1-8-4-2-3(5)10(6-7)9-4/h2,5H,1H3,(H,8,9)/i5D. The van der Waals surface area contributed by atoms with Crippen LogP contribution >= 0.6 is 0 Å². The van der Waals surface area contributed by atoms with Gasteiger partial charge in [-0.1, -0.05) is 0 Å². The van der Waals surface area contributed by atoms with Crippen LogP contribution in [0, 0.1) is 0 Å². The van der Waals surface area contributed by atoms with Gasteiger partial charge in [0.1, 0.15) is 5.82 Å². The van der Waals surface area contributed by atoms with Crippen molar-refractivity contribution in [2.24, 2.45) is 0 Å². The second kappa shape index (κ2) is 2.77. The molecule has 0 aliphatic carbocycles. The van der Waals surface area contributed by atoms with E-state index in [2.05, 4.69) is 10.4 Å². The first-order valence-electron chi connectivity index (χ1n) is 3.32. The molecular weight excluding hydrogens is 131 g/mol. The highest BCUT2D eigenvalue weighted by molar-refractivity contribution is 6.37. The van der Waals surface area contributed by atoms with Gasteiger partial charge in [0, 0.05) is 7.05 Å². The zero-order chi connectivity index (χ0) is 8.27. The van der Waals surface area contributed by atoms with Crippen LogP contribution in [0.15, 0.2) is 6.07 Å². The van der Waals surface area contributed by atoms with Gasteiger partial charge >= 0.3 is 7.69 Å². The molecule has 1 rings (SSSR count). The maximum atomic E-state index is 12.0. The summed E-state index contributed by atoms with van der Waals surface area (Å²) < 4.78 is 19.8. The Bertz CT molecular complexity index is 220. The highest BCUT2D eigenvalue weighted by Crippen LogP contribution is 1.95. The summed E-state index contributed by atoms with van der Waals surface area (Å²) in [6.07, 6.45) is 0. The van der Waals surface area contributed by atoms with Crippen molar-refractivity contribution in [3.63, 3.8) is 0 Å². The highest BCUT2D eigenvalue weighted by Gasteiger charge is 2.02. The van der Waals surface area contributed by atoms with Crippen LogP contribution in [0.3, 0.4) is 0 Å². The second-order valence-corrected chi connectivity index (χ2v) is 1.75. The summed E-state index contributed by atoms with van der Waals surface area (Å²) in [7, 11) is 3.02. The fourth-order valence-corrected chi connectivity index (χ4v) is 0.609. The number of nitrogens with zero attached hydrogens (tertiary/aromatic N) is 2. The van der Waals surface area contributed by atoms with Crippen LogP contribution < -0.4 is 10.9 Å². The Hall–Kier alpha value is -0.930. The number of hydrogen-bond acceptors (Lipinski definition) is 2. The van der Waals surface area contributed by atoms with Gasteiger partial charge in [-0.25, -0.2) is 0 Å². The summed E-state index contributed by atoms with van der Waals surface area (Å²) in [6, 6.07) is 1.57. The average molecular weight is 138 g/mol. The third-order valence-corrected chi connectivity index (χ3v) is 1.11. The van der Waals surface area contributed by atoms with E-state index >= 15 is 0 Å². The molecule has 0 bridgehead atoms. The van der Waals surface area contributed by atoms with E-state index in [0.29, 0.717) is 19.1 Å². The molecular formula is C4H6B2FN3. The summed E-state index contributed by atoms with van der Waals surface area (Å²) in [5.41, 5.74) is 0.400. The van der Waals surface area contributed by atoms with Crippen LogP contribution in [0.1, 0.15) is 0 Å². The van der Waals surface area contributed by atoms with E-state index in [1.165, 1.54) is 0 Å². The Morgan fingerprint density at radius 1 is 2.10 bits per heavy atom. The van der Waals surface area contributed by atoms with Crippen molar-refractivity contribution >= 4 is 26.9 Å². The monoisotopic (exact) mass is 138 g/mol. The van der Waals surface area contributed by atoms with E-state index in [-0.39, 0.29) is 0 Å². The van der Waals surface area contributed by atoms with Gasteiger partial charge in [-0.15, -0.1) is 0 Å². The molecule has 0 unspecified atom stereocenters. The molecule has 10 heavy (non-hydrogen) atoms. The lowest BCUT2D eigenvalue weighted by atomic mass is 10.0. The topological polar surface area (TPSA) is 29.9 Å². The first-order chi connectivity index (χ1) is 5.31. The lowest BCUT2D eigenvalue weighted by Crippen LogP contribution is -2.20. The molecule has 0 atom stereocenters. The Labute approximate surface area is 61.7 Å². The Morgan fingerprint density at radius 3 is 3.30 bits per heavy atom. The SMILES string of the molecule is [2H][B]c1cc(NC)nn1[B]F. The molecule has 50 valence electrons. The van der Waals surface area contributed by atoms with Crippen LogP contribution in [0.4, 0.5) is 10.1 Å². The molecule has 0 aromatic carbocycles. The molecule has 0 saturated heterocycles. The van der Waals surface area contributed by atoms with E-state index < -0.39 is 0 Å². The first-order valence-corrected chi connectivity index (χ1v) is 2.74. The number of nitrogens with one attached hydrogen (secondary N) is 1. The predicted octanol–water partition coefficient (Wildman–Crippen LogP) is -1.20. The summed E-state index contributed by atoms with van der Waals surface area (Å²) >= 11 is 0. The van der Waals surface area contributed by atoms with Gasteiger partial charge in [-0.2, -0.15) is 5.10 Å². The maximum absolute atomic E-state index is 12.0. The molecule has 1 N–H and O–H groups in total. The van der Waals surface area contributed by atoms with Crippen LogP contribution in [0.25, 0.3) is 0 Å². The largest absolute Gasteiger partial charge is 0.512 e. The van der Waals surface area contributed by atoms with E-state index in [1.807, 2.05) is 0 Å². The minimum absolute atomic E-state index is 0.307. The Morgan fingerprint density at radius 2 is 2.90 bits per heavy atom. The average Bonchev–Trinajstić information content (AvgIpc) is 2.46. The molecule has 6 heteroatoms. The molecule has 2 radical (unpaired) electrons. The molecule has 0 aliphatic heterocycles. The molecule has 0 aliphatic rings. The summed E-state index contributed by atoms with van der Waals surface area (Å²) in [5.74, 6) is 0.539. The smallest absolute Gasteiger partial charge is 0.372 e. The van der Waals surface area contributed by atoms with Gasteiger partial charge in [0.25, 0.3) is 0 Å². The van der Waals surface area contributed by atoms with Crippen LogP contribution in [-0.2, 0) is 0 Å². The van der Waals surface area contributed by atoms with E-state index in [1.54, 1.807) is 13.1 Å². The molecule has 1 heterocycles. The summed E-state index contributed by atoms with van der Waals surface area (Å²) in [5, 5.41) is 6.48. The van der Waals surface area contributed by atoms with Crippen molar-refractivity contribution < 1.29 is 4.32 Å². The van der Waals surface area contributed by atoms with Crippen molar-refractivity contribution in [2.75, 3.05) is 12.4 Å². The van der Waals surface area contributed by atoms with E-state index in [4.69, 9.17) is 1.34 Å².